The van der Waals surface area contributed by atoms with Crippen LogP contribution in [-0.4, -0.2) is 58.0 Å². The summed E-state index contributed by atoms with van der Waals surface area (Å²) in [5.74, 6) is -0.234. The van der Waals surface area contributed by atoms with Crippen molar-refractivity contribution in [2.45, 2.75) is 16.8 Å². The van der Waals surface area contributed by atoms with Crippen molar-refractivity contribution in [3.8, 4) is 17.0 Å². The maximum absolute atomic E-state index is 14.5. The van der Waals surface area contributed by atoms with Gasteiger partial charge in [-0.15, -0.1) is 0 Å². The van der Waals surface area contributed by atoms with Crippen LogP contribution in [0.25, 0.3) is 11.3 Å². The van der Waals surface area contributed by atoms with Crippen LogP contribution in [0.1, 0.15) is 32.8 Å². The van der Waals surface area contributed by atoms with Crippen molar-refractivity contribution in [3.63, 3.8) is 0 Å². The van der Waals surface area contributed by atoms with Gasteiger partial charge in [0, 0.05) is 0 Å². The van der Waals surface area contributed by atoms with Crippen molar-refractivity contribution < 1.29 is 39.9 Å². The Balaban J connectivity index is 1.54. The predicted molar refractivity (Wildman–Crippen MR) is 134 cm³/mol. The second-order valence-electron chi connectivity index (χ2n) is 9.38. The minimum absolute atomic E-state index is 0.0575. The second kappa shape index (κ2) is 9.84. The van der Waals surface area contributed by atoms with Crippen LogP contribution < -0.4 is 41.9 Å². The molecule has 6 heterocycles. The van der Waals surface area contributed by atoms with E-state index in [-0.39, 0.29) is 19.5 Å². The molecule has 0 radical (unpaired) electrons. The van der Waals surface area contributed by atoms with Crippen molar-refractivity contribution in [3.05, 3.63) is 53.7 Å². The van der Waals surface area contributed by atoms with Crippen molar-refractivity contribution >= 4 is 26.9 Å². The fraction of sp³-hybridized carbons (Fsp3) is 0.346. The number of carbonyl (C=O) groups is 2. The van der Waals surface area contributed by atoms with E-state index in [4.69, 9.17) is 4.74 Å². The quantitative estimate of drug-likeness (QED) is 0.152. The summed E-state index contributed by atoms with van der Waals surface area (Å²) >= 11 is -0.941. The van der Waals surface area contributed by atoms with Gasteiger partial charge in [-0.1, -0.05) is 0 Å². The third-order valence-corrected chi connectivity index (χ3v) is 10.2. The van der Waals surface area contributed by atoms with Crippen molar-refractivity contribution in [2.75, 3.05) is 43.9 Å². The first-order valence-corrected chi connectivity index (χ1v) is 14.6. The molecular weight excluding hydrogens is 590 g/mol. The van der Waals surface area contributed by atoms with E-state index in [0.717, 1.165) is 49.4 Å². The van der Waals surface area contributed by atoms with Crippen LogP contribution >= 0.6 is 0 Å². The van der Waals surface area contributed by atoms with E-state index in [9.17, 15) is 14.0 Å². The molecule has 2 amide bonds. The SMILES string of the molecule is COc1c(F)cccc1Nc1c2[nH]c3c1C(=O)NCC3[I-]C(=O)N1CCC(CC1)CNc1cnccc1-2. The van der Waals surface area contributed by atoms with E-state index < -0.39 is 27.0 Å². The number of nitrogens with zero attached hydrogens (tertiary/aromatic N) is 2. The number of carbonyl (C=O) groups excluding carboxylic acids is 2. The number of amides is 2. The number of fused-ring (bicyclic) bond motifs is 4. The predicted octanol–water partition coefficient (Wildman–Crippen LogP) is 1.10. The van der Waals surface area contributed by atoms with E-state index in [0.29, 0.717) is 35.1 Å². The number of anilines is 3. The van der Waals surface area contributed by atoms with E-state index >= 15 is 0 Å². The monoisotopic (exact) mass is 617 g/mol. The molecule has 37 heavy (non-hydrogen) atoms. The van der Waals surface area contributed by atoms with Gasteiger partial charge in [0.2, 0.25) is 0 Å². The molecule has 0 spiro atoms. The first-order chi connectivity index (χ1) is 18.0. The Morgan fingerprint density at radius 1 is 1.16 bits per heavy atom. The van der Waals surface area contributed by atoms with Gasteiger partial charge in [-0.2, -0.15) is 0 Å². The topological polar surface area (TPSA) is 111 Å². The van der Waals surface area contributed by atoms with Gasteiger partial charge in [0.15, 0.2) is 0 Å². The molecule has 4 bridgehead atoms. The molecule has 194 valence electrons. The molecule has 4 aliphatic heterocycles. The molecule has 0 saturated carbocycles. The zero-order valence-electron chi connectivity index (χ0n) is 20.2. The molecule has 1 aromatic carbocycles. The van der Waals surface area contributed by atoms with Crippen LogP contribution in [0, 0.1) is 11.7 Å². The number of rotatable bonds is 3. The Labute approximate surface area is 223 Å². The Morgan fingerprint density at radius 3 is 2.81 bits per heavy atom. The van der Waals surface area contributed by atoms with Gasteiger partial charge in [-0.3, -0.25) is 0 Å². The summed E-state index contributed by atoms with van der Waals surface area (Å²) in [5, 5.41) is 9.84. The zero-order chi connectivity index (χ0) is 25.5. The number of hydrogen-bond acceptors (Lipinski definition) is 6. The van der Waals surface area contributed by atoms with Crippen molar-refractivity contribution in [2.24, 2.45) is 5.92 Å². The summed E-state index contributed by atoms with van der Waals surface area (Å²) < 4.78 is 20.0. The number of nitrogens with one attached hydrogen (secondary N) is 4. The number of para-hydroxylation sites is 1. The fourth-order valence-electron chi connectivity index (χ4n) is 5.23. The Bertz CT molecular complexity index is 1370. The Morgan fingerprint density at radius 2 is 2.00 bits per heavy atom. The number of pyridine rings is 1. The van der Waals surface area contributed by atoms with Crippen molar-refractivity contribution in [1.29, 1.82) is 0 Å². The molecule has 11 heteroatoms. The summed E-state index contributed by atoms with van der Waals surface area (Å²) in [5.41, 5.74) is 4.48. The molecule has 3 aromatic rings. The van der Waals surface area contributed by atoms with E-state index in [1.165, 1.54) is 13.2 Å². The normalized spacial score (nSPS) is 21.2. The van der Waals surface area contributed by atoms with E-state index in [1.54, 1.807) is 24.5 Å². The van der Waals surface area contributed by atoms with Gasteiger partial charge < -0.3 is 0 Å². The van der Waals surface area contributed by atoms with Crippen LogP contribution in [0.5, 0.6) is 5.75 Å². The Kier molecular flexibility index (Phi) is 6.39. The number of hydrogen-bond donors (Lipinski definition) is 4. The molecule has 1 atom stereocenters. The first kappa shape index (κ1) is 24.0. The summed E-state index contributed by atoms with van der Waals surface area (Å²) in [7, 11) is 1.41. The van der Waals surface area contributed by atoms with Crippen molar-refractivity contribution in [1.82, 2.24) is 20.2 Å². The third kappa shape index (κ3) is 4.38. The maximum atomic E-state index is 14.5. The number of aromatic nitrogens is 2. The Hall–Kier alpha value is -3.35. The average Bonchev–Trinajstić information content (AvgIpc) is 3.29. The standard InChI is InChI=1S/C26H27FIN6O3/c1-37-24-16(27)3-2-4-18(24)32-23-20-22-17(12-31-25(20)35)28-26(36)34-9-6-14(7-10-34)11-30-19-13-29-8-5-15(19)21(23)33-22/h2-5,8,13-14,17,30,32-33H,6-7,9-12H2,1H3,(H,31,35)/q-1. The summed E-state index contributed by atoms with van der Waals surface area (Å²) in [6.45, 7) is 2.70. The number of benzene rings is 1. The number of alkyl halides is 1. The molecule has 4 aliphatic rings. The number of ether oxygens (including phenoxy) is 1. The summed E-state index contributed by atoms with van der Waals surface area (Å²) in [4.78, 5) is 36.4. The molecule has 1 saturated heterocycles. The molecule has 1 fully saturated rings. The van der Waals surface area contributed by atoms with Gasteiger partial charge >= 0.3 is 224 Å². The molecule has 2 aromatic heterocycles. The van der Waals surface area contributed by atoms with Crippen LogP contribution in [0.3, 0.4) is 0 Å². The summed E-state index contributed by atoms with van der Waals surface area (Å²) in [6.07, 6.45) is 5.42. The van der Waals surface area contributed by atoms with Crippen LogP contribution in [0.2, 0.25) is 0 Å². The number of aromatic amines is 1. The second-order valence-corrected chi connectivity index (χ2v) is 12.4. The minimum atomic E-state index is -0.941. The molecular formula is C26H27FIN6O3-. The van der Waals surface area contributed by atoms with E-state index in [1.807, 2.05) is 11.0 Å². The number of piperidine rings is 1. The zero-order valence-corrected chi connectivity index (χ0v) is 22.4. The van der Waals surface area contributed by atoms with Crippen LogP contribution in [-0.2, 0) is 0 Å². The number of halogens is 2. The van der Waals surface area contributed by atoms with Gasteiger partial charge in [-0.25, -0.2) is 0 Å². The van der Waals surface area contributed by atoms with Gasteiger partial charge in [-0.05, 0) is 0 Å². The van der Waals surface area contributed by atoms with Gasteiger partial charge in [0.1, 0.15) is 0 Å². The van der Waals surface area contributed by atoms with Gasteiger partial charge in [0.25, 0.3) is 0 Å². The molecule has 0 aliphatic carbocycles. The number of methoxy groups -OCH3 is 1. The average molecular weight is 617 g/mol. The van der Waals surface area contributed by atoms with Crippen LogP contribution in [0.4, 0.5) is 26.2 Å². The summed E-state index contributed by atoms with van der Waals surface area (Å²) in [6, 6.07) is 6.52. The third-order valence-electron chi connectivity index (χ3n) is 7.20. The number of H-pyrrole nitrogens is 1. The first-order valence-electron chi connectivity index (χ1n) is 12.3. The molecule has 7 rings (SSSR count). The molecule has 1 unspecified atom stereocenters. The van der Waals surface area contributed by atoms with E-state index in [2.05, 4.69) is 25.9 Å². The molecule has 9 nitrogen and oxygen atoms in total. The van der Waals surface area contributed by atoms with Crippen LogP contribution in [0.15, 0.2) is 36.7 Å². The fourth-order valence-corrected chi connectivity index (χ4v) is 7.97. The molecule has 4 N–H and O–H groups in total. The van der Waals surface area contributed by atoms with Gasteiger partial charge in [0.05, 0.1) is 0 Å².